The minimum atomic E-state index is 0.350. The van der Waals surface area contributed by atoms with Gasteiger partial charge >= 0.3 is 0 Å². The molecular weight excluding hydrogens is 261 g/mol. The summed E-state index contributed by atoms with van der Waals surface area (Å²) in [5, 5.41) is 4.60. The largest absolute Gasteiger partial charge is 0.419 e. The van der Waals surface area contributed by atoms with Gasteiger partial charge in [-0.25, -0.2) is 9.67 Å². The third-order valence-corrected chi connectivity index (χ3v) is 2.76. The minimum absolute atomic E-state index is 0.350. The van der Waals surface area contributed by atoms with Crippen LogP contribution in [0.3, 0.4) is 0 Å². The fourth-order valence-electron chi connectivity index (χ4n) is 1.39. The number of nitrogens with zero attached hydrogens (tertiary/aromatic N) is 3. The second-order valence-corrected chi connectivity index (χ2v) is 4.29. The van der Waals surface area contributed by atoms with Gasteiger partial charge in [-0.3, -0.25) is 0 Å². The molecule has 2 aromatic heterocycles. The van der Waals surface area contributed by atoms with E-state index in [1.807, 2.05) is 13.0 Å². The molecule has 4 nitrogen and oxygen atoms in total. The van der Waals surface area contributed by atoms with Gasteiger partial charge in [-0.1, -0.05) is 11.6 Å². The molecule has 0 fully saturated rings. The Morgan fingerprint density at radius 2 is 2.18 bits per heavy atom. The minimum Gasteiger partial charge on any atom is -0.419 e. The molecule has 0 N–H and O–H groups in total. The van der Waals surface area contributed by atoms with Crippen LogP contribution < -0.4 is 4.74 Å². The fourth-order valence-corrected chi connectivity index (χ4v) is 1.77. The van der Waals surface area contributed by atoms with Crippen LogP contribution in [0.5, 0.6) is 11.8 Å². The summed E-state index contributed by atoms with van der Waals surface area (Å²) in [6.45, 7) is 1.89. The third kappa shape index (κ3) is 2.70. The molecule has 0 radical (unpaired) electrons. The Morgan fingerprint density at radius 1 is 1.41 bits per heavy atom. The molecule has 6 heteroatoms. The maximum atomic E-state index is 6.04. The summed E-state index contributed by atoms with van der Waals surface area (Å²) >= 11 is 11.7. The first-order valence-corrected chi connectivity index (χ1v) is 5.90. The highest BCUT2D eigenvalue weighted by Gasteiger charge is 2.09. The molecule has 2 heterocycles. The standard InChI is InChI=1S/C11H11Cl2N3O/c1-7-3-10(16(2)15-7)17-11-9(13)4-8(5-12)6-14-11/h3-4,6H,5H2,1-2H3. The summed E-state index contributed by atoms with van der Waals surface area (Å²) in [6.07, 6.45) is 1.64. The van der Waals surface area contributed by atoms with Crippen LogP contribution in [0.25, 0.3) is 0 Å². The maximum Gasteiger partial charge on any atom is 0.240 e. The van der Waals surface area contributed by atoms with Crippen molar-refractivity contribution in [2.75, 3.05) is 0 Å². The van der Waals surface area contributed by atoms with Crippen molar-refractivity contribution in [2.24, 2.45) is 7.05 Å². The summed E-state index contributed by atoms with van der Waals surface area (Å²) in [4.78, 5) is 4.11. The Kier molecular flexibility index (Phi) is 3.54. The normalized spacial score (nSPS) is 10.6. The lowest BCUT2D eigenvalue weighted by Gasteiger charge is -2.06. The van der Waals surface area contributed by atoms with Gasteiger partial charge in [-0.15, -0.1) is 11.6 Å². The Morgan fingerprint density at radius 3 is 2.71 bits per heavy atom. The van der Waals surface area contributed by atoms with Crippen molar-refractivity contribution < 1.29 is 4.74 Å². The van der Waals surface area contributed by atoms with Crippen molar-refractivity contribution in [3.63, 3.8) is 0 Å². The van der Waals surface area contributed by atoms with E-state index in [9.17, 15) is 0 Å². The lowest BCUT2D eigenvalue weighted by Crippen LogP contribution is -1.97. The van der Waals surface area contributed by atoms with Crippen LogP contribution in [0, 0.1) is 6.92 Å². The zero-order valence-corrected chi connectivity index (χ0v) is 11.0. The monoisotopic (exact) mass is 271 g/mol. The molecule has 0 spiro atoms. The first kappa shape index (κ1) is 12.2. The molecule has 2 aromatic rings. The number of halogens is 2. The van der Waals surface area contributed by atoms with Gasteiger partial charge in [-0.05, 0) is 18.6 Å². The van der Waals surface area contributed by atoms with Gasteiger partial charge in [-0.2, -0.15) is 5.10 Å². The second kappa shape index (κ2) is 4.94. The summed E-state index contributed by atoms with van der Waals surface area (Å²) in [5.74, 6) is 1.32. The lowest BCUT2D eigenvalue weighted by molar-refractivity contribution is 0.415. The first-order valence-electron chi connectivity index (χ1n) is 4.99. The van der Waals surface area contributed by atoms with Gasteiger partial charge in [0, 0.05) is 25.2 Å². The number of hydrogen-bond donors (Lipinski definition) is 0. The molecule has 0 saturated heterocycles. The number of hydrogen-bond acceptors (Lipinski definition) is 3. The zero-order valence-electron chi connectivity index (χ0n) is 9.44. The molecule has 0 atom stereocenters. The van der Waals surface area contributed by atoms with Gasteiger partial charge in [0.1, 0.15) is 5.02 Å². The van der Waals surface area contributed by atoms with Crippen molar-refractivity contribution in [3.05, 3.63) is 34.6 Å². The zero-order chi connectivity index (χ0) is 12.4. The third-order valence-electron chi connectivity index (χ3n) is 2.18. The highest BCUT2D eigenvalue weighted by Crippen LogP contribution is 2.28. The van der Waals surface area contributed by atoms with E-state index < -0.39 is 0 Å². The van der Waals surface area contributed by atoms with Crippen LogP contribution >= 0.6 is 23.2 Å². The Hall–Kier alpha value is -1.26. The predicted octanol–water partition coefficient (Wildman–Crippen LogP) is 3.31. The van der Waals surface area contributed by atoms with Crippen molar-refractivity contribution in [2.45, 2.75) is 12.8 Å². The number of aryl methyl sites for hydroxylation is 2. The van der Waals surface area contributed by atoms with E-state index in [1.54, 1.807) is 24.0 Å². The number of rotatable bonds is 3. The number of aromatic nitrogens is 3. The van der Waals surface area contributed by atoms with Gasteiger partial charge in [0.2, 0.25) is 11.8 Å². The fraction of sp³-hybridized carbons (Fsp3) is 0.273. The molecule has 0 aliphatic carbocycles. The maximum absolute atomic E-state index is 6.04. The average molecular weight is 272 g/mol. The highest BCUT2D eigenvalue weighted by molar-refractivity contribution is 6.32. The quantitative estimate of drug-likeness (QED) is 0.805. The van der Waals surface area contributed by atoms with E-state index in [4.69, 9.17) is 27.9 Å². The molecule has 0 aliphatic heterocycles. The van der Waals surface area contributed by atoms with Gasteiger partial charge in [0.05, 0.1) is 5.69 Å². The van der Waals surface area contributed by atoms with Gasteiger partial charge in [0.25, 0.3) is 0 Å². The predicted molar refractivity (Wildman–Crippen MR) is 66.8 cm³/mol. The molecule has 0 aliphatic rings. The average Bonchev–Trinajstić information content (AvgIpc) is 2.60. The summed E-state index contributed by atoms with van der Waals surface area (Å²) < 4.78 is 7.20. The van der Waals surface area contributed by atoms with Crippen LogP contribution in [0.2, 0.25) is 5.02 Å². The molecule has 2 rings (SSSR count). The van der Waals surface area contributed by atoms with E-state index in [0.29, 0.717) is 22.7 Å². The van der Waals surface area contributed by atoms with Gasteiger partial charge < -0.3 is 4.74 Å². The van der Waals surface area contributed by atoms with Crippen molar-refractivity contribution in [1.29, 1.82) is 0 Å². The highest BCUT2D eigenvalue weighted by atomic mass is 35.5. The first-order chi connectivity index (χ1) is 8.10. The van der Waals surface area contributed by atoms with Crippen molar-refractivity contribution in [3.8, 4) is 11.8 Å². The molecular formula is C11H11Cl2N3O. The lowest BCUT2D eigenvalue weighted by atomic mass is 10.3. The Labute approximate surface area is 109 Å². The molecule has 90 valence electrons. The number of pyridine rings is 1. The van der Waals surface area contributed by atoms with Crippen LogP contribution in [0.1, 0.15) is 11.3 Å². The van der Waals surface area contributed by atoms with Crippen LogP contribution in [-0.4, -0.2) is 14.8 Å². The Bertz CT molecular complexity index is 540. The number of ether oxygens (including phenoxy) is 1. The molecule has 0 saturated carbocycles. The van der Waals surface area contributed by atoms with E-state index in [0.717, 1.165) is 11.3 Å². The topological polar surface area (TPSA) is 39.9 Å². The molecule has 0 unspecified atom stereocenters. The molecule has 0 aromatic carbocycles. The van der Waals surface area contributed by atoms with Crippen LogP contribution in [0.4, 0.5) is 0 Å². The van der Waals surface area contributed by atoms with Crippen LogP contribution in [0.15, 0.2) is 18.3 Å². The number of alkyl halides is 1. The van der Waals surface area contributed by atoms with Crippen LogP contribution in [-0.2, 0) is 12.9 Å². The van der Waals surface area contributed by atoms with E-state index in [1.165, 1.54) is 0 Å². The molecule has 17 heavy (non-hydrogen) atoms. The summed E-state index contributed by atoms with van der Waals surface area (Å²) in [5.41, 5.74) is 1.72. The van der Waals surface area contributed by atoms with Gasteiger partial charge in [0.15, 0.2) is 0 Å². The van der Waals surface area contributed by atoms with Crippen molar-refractivity contribution in [1.82, 2.24) is 14.8 Å². The molecule has 0 amide bonds. The molecule has 0 bridgehead atoms. The second-order valence-electron chi connectivity index (χ2n) is 3.61. The Balaban J connectivity index is 2.27. The summed E-state index contributed by atoms with van der Waals surface area (Å²) in [7, 11) is 1.80. The smallest absolute Gasteiger partial charge is 0.240 e. The van der Waals surface area contributed by atoms with Crippen molar-refractivity contribution >= 4 is 23.2 Å². The van der Waals surface area contributed by atoms with E-state index >= 15 is 0 Å². The summed E-state index contributed by atoms with van der Waals surface area (Å²) in [6, 6.07) is 3.55. The SMILES string of the molecule is Cc1cc(Oc2ncc(CCl)cc2Cl)n(C)n1. The van der Waals surface area contributed by atoms with E-state index in [2.05, 4.69) is 10.1 Å². The van der Waals surface area contributed by atoms with E-state index in [-0.39, 0.29) is 0 Å².